The van der Waals surface area contributed by atoms with Crippen molar-refractivity contribution < 1.29 is 22.7 Å². The molecule has 1 aliphatic heterocycles. The summed E-state index contributed by atoms with van der Waals surface area (Å²) >= 11 is 0. The number of H-pyrrole nitrogens is 1. The minimum absolute atomic E-state index is 0.0123. The van der Waals surface area contributed by atoms with E-state index in [0.717, 1.165) is 17.9 Å². The summed E-state index contributed by atoms with van der Waals surface area (Å²) in [6, 6.07) is 3.59. The summed E-state index contributed by atoms with van der Waals surface area (Å²) in [4.78, 5) is 38.1. The van der Waals surface area contributed by atoms with Crippen LogP contribution in [0.2, 0.25) is 0 Å². The van der Waals surface area contributed by atoms with Gasteiger partial charge in [0.05, 0.1) is 42.1 Å². The maximum absolute atomic E-state index is 12.7. The molecular formula is C22H25F3N6O3. The molecule has 4 rings (SSSR count). The van der Waals surface area contributed by atoms with Crippen LogP contribution in [0.4, 0.5) is 19.1 Å². The second-order valence-electron chi connectivity index (χ2n) is 8.14. The van der Waals surface area contributed by atoms with Gasteiger partial charge in [0.1, 0.15) is 0 Å². The molecule has 1 atom stereocenters. The Balaban J connectivity index is 1.20. The van der Waals surface area contributed by atoms with Gasteiger partial charge in [0.15, 0.2) is 0 Å². The molecule has 1 aliphatic rings. The number of piperazine rings is 1. The first-order chi connectivity index (χ1) is 16.2. The van der Waals surface area contributed by atoms with Crippen LogP contribution < -0.4 is 10.5 Å². The molecule has 0 aliphatic carbocycles. The molecule has 1 fully saturated rings. The van der Waals surface area contributed by atoms with E-state index in [-0.39, 0.29) is 36.5 Å². The highest BCUT2D eigenvalue weighted by molar-refractivity contribution is 5.79. The first-order valence-corrected chi connectivity index (χ1v) is 10.9. The molecule has 0 spiro atoms. The molecule has 3 aromatic heterocycles. The molecule has 182 valence electrons. The lowest BCUT2D eigenvalue weighted by molar-refractivity contribution is -0.138. The van der Waals surface area contributed by atoms with Crippen LogP contribution >= 0.6 is 0 Å². The summed E-state index contributed by atoms with van der Waals surface area (Å²) in [6.45, 7) is 4.38. The number of ether oxygens (including phenoxy) is 1. The van der Waals surface area contributed by atoms with E-state index in [1.807, 2.05) is 23.8 Å². The van der Waals surface area contributed by atoms with Gasteiger partial charge in [0, 0.05) is 51.0 Å². The SMILES string of the molecule is C[C@H](COCCC(=O)N1CCN(c2ncc(C(F)(F)F)cn2)CC1)n1ccc2c(=O)[nH]ccc21. The monoisotopic (exact) mass is 478 g/mol. The van der Waals surface area contributed by atoms with E-state index in [9.17, 15) is 22.8 Å². The van der Waals surface area contributed by atoms with E-state index in [1.54, 1.807) is 22.1 Å². The molecule has 12 heteroatoms. The second-order valence-corrected chi connectivity index (χ2v) is 8.14. The van der Waals surface area contributed by atoms with Crippen LogP contribution in [0.15, 0.2) is 41.7 Å². The van der Waals surface area contributed by atoms with E-state index < -0.39 is 11.7 Å². The van der Waals surface area contributed by atoms with Crippen LogP contribution in [0.5, 0.6) is 0 Å². The third kappa shape index (κ3) is 5.22. The second kappa shape index (κ2) is 9.84. The zero-order chi connectivity index (χ0) is 24.3. The number of alkyl halides is 3. The quantitative estimate of drug-likeness (QED) is 0.524. The molecule has 4 heterocycles. The predicted octanol–water partition coefficient (Wildman–Crippen LogP) is 2.45. The van der Waals surface area contributed by atoms with E-state index in [2.05, 4.69) is 15.0 Å². The Morgan fingerprint density at radius 1 is 1.18 bits per heavy atom. The number of hydrogen-bond acceptors (Lipinski definition) is 6. The van der Waals surface area contributed by atoms with E-state index in [1.165, 1.54) is 0 Å². The highest BCUT2D eigenvalue weighted by Gasteiger charge is 2.32. The van der Waals surface area contributed by atoms with Crippen LogP contribution in [0.25, 0.3) is 10.9 Å². The molecular weight excluding hydrogens is 453 g/mol. The molecule has 0 saturated carbocycles. The maximum atomic E-state index is 12.7. The van der Waals surface area contributed by atoms with Crippen LogP contribution in [0.1, 0.15) is 24.9 Å². The minimum Gasteiger partial charge on any atom is -0.379 e. The fourth-order valence-corrected chi connectivity index (χ4v) is 3.92. The smallest absolute Gasteiger partial charge is 0.379 e. The van der Waals surface area contributed by atoms with Crippen molar-refractivity contribution in [2.45, 2.75) is 25.6 Å². The summed E-state index contributed by atoms with van der Waals surface area (Å²) in [5.74, 6) is 0.176. The summed E-state index contributed by atoms with van der Waals surface area (Å²) in [6.07, 6.45) is 0.753. The topological polar surface area (TPSA) is 96.3 Å². The fraction of sp³-hybridized carbons (Fsp3) is 0.455. The van der Waals surface area contributed by atoms with Crippen molar-refractivity contribution >= 4 is 22.8 Å². The van der Waals surface area contributed by atoms with E-state index in [0.29, 0.717) is 38.2 Å². The Bertz CT molecular complexity index is 1180. The molecule has 1 N–H and O–H groups in total. The van der Waals surface area contributed by atoms with Crippen molar-refractivity contribution in [2.24, 2.45) is 0 Å². The van der Waals surface area contributed by atoms with Gasteiger partial charge in [-0.25, -0.2) is 9.97 Å². The standard InChI is InChI=1S/C22H25F3N6O3/c1-15(31-6-3-17-18(31)2-5-26-20(17)33)14-34-11-4-19(32)29-7-9-30(10-8-29)21-27-12-16(13-28-21)22(23,24)25/h2-3,5-6,12-13,15H,4,7-11,14H2,1H3,(H,26,33)/t15-/m1/s1. The number of rotatable bonds is 7. The number of nitrogens with one attached hydrogen (secondary N) is 1. The number of carbonyl (C=O) groups is 1. The number of aromatic nitrogens is 4. The Morgan fingerprint density at radius 3 is 2.56 bits per heavy atom. The predicted molar refractivity (Wildman–Crippen MR) is 119 cm³/mol. The number of hydrogen-bond donors (Lipinski definition) is 1. The van der Waals surface area contributed by atoms with Crippen LogP contribution in [0.3, 0.4) is 0 Å². The highest BCUT2D eigenvalue weighted by Crippen LogP contribution is 2.28. The fourth-order valence-electron chi connectivity index (χ4n) is 3.92. The molecule has 3 aromatic rings. The number of aromatic amines is 1. The van der Waals surface area contributed by atoms with Crippen molar-refractivity contribution in [3.63, 3.8) is 0 Å². The lowest BCUT2D eigenvalue weighted by atomic mass is 10.3. The van der Waals surface area contributed by atoms with E-state index in [4.69, 9.17) is 4.74 Å². The number of fused-ring (bicyclic) bond motifs is 1. The molecule has 1 saturated heterocycles. The zero-order valence-corrected chi connectivity index (χ0v) is 18.6. The molecule has 0 bridgehead atoms. The average molecular weight is 478 g/mol. The lowest BCUT2D eigenvalue weighted by Gasteiger charge is -2.34. The third-order valence-corrected chi connectivity index (χ3v) is 5.83. The number of pyridine rings is 1. The molecule has 34 heavy (non-hydrogen) atoms. The Kier molecular flexibility index (Phi) is 6.87. The Hall–Kier alpha value is -3.41. The summed E-state index contributed by atoms with van der Waals surface area (Å²) in [5.41, 5.74) is -0.205. The number of nitrogens with zero attached hydrogens (tertiary/aromatic N) is 5. The molecule has 9 nitrogen and oxygen atoms in total. The average Bonchev–Trinajstić information content (AvgIpc) is 3.27. The summed E-state index contributed by atoms with van der Waals surface area (Å²) < 4.78 is 45.7. The van der Waals surface area contributed by atoms with Gasteiger partial charge in [-0.3, -0.25) is 9.59 Å². The largest absolute Gasteiger partial charge is 0.419 e. The first-order valence-electron chi connectivity index (χ1n) is 10.9. The van der Waals surface area contributed by atoms with Gasteiger partial charge in [-0.2, -0.15) is 13.2 Å². The van der Waals surface area contributed by atoms with Crippen molar-refractivity contribution in [3.8, 4) is 0 Å². The normalized spacial score (nSPS) is 15.6. The van der Waals surface area contributed by atoms with Gasteiger partial charge in [0.2, 0.25) is 11.9 Å². The van der Waals surface area contributed by atoms with Gasteiger partial charge < -0.3 is 24.1 Å². The number of carbonyl (C=O) groups excluding carboxylic acids is 1. The zero-order valence-electron chi connectivity index (χ0n) is 18.6. The number of anilines is 1. The van der Waals surface area contributed by atoms with Crippen molar-refractivity contribution in [3.05, 3.63) is 52.8 Å². The van der Waals surface area contributed by atoms with Gasteiger partial charge in [-0.05, 0) is 19.1 Å². The van der Waals surface area contributed by atoms with Crippen molar-refractivity contribution in [1.82, 2.24) is 24.4 Å². The van der Waals surface area contributed by atoms with Gasteiger partial charge in [-0.15, -0.1) is 0 Å². The molecule has 0 radical (unpaired) electrons. The van der Waals surface area contributed by atoms with Crippen LogP contribution in [-0.2, 0) is 15.7 Å². The maximum Gasteiger partial charge on any atom is 0.419 e. The number of amides is 1. The molecule has 0 aromatic carbocycles. The van der Waals surface area contributed by atoms with Gasteiger partial charge in [-0.1, -0.05) is 0 Å². The molecule has 1 amide bonds. The first kappa shape index (κ1) is 23.7. The van der Waals surface area contributed by atoms with Gasteiger partial charge in [0.25, 0.3) is 5.56 Å². The Labute approximate surface area is 193 Å². The summed E-state index contributed by atoms with van der Waals surface area (Å²) in [7, 11) is 0. The molecule has 0 unspecified atom stereocenters. The van der Waals surface area contributed by atoms with Crippen LogP contribution in [-0.4, -0.2) is 69.7 Å². The van der Waals surface area contributed by atoms with Crippen LogP contribution in [0, 0.1) is 0 Å². The van der Waals surface area contributed by atoms with Crippen molar-refractivity contribution in [1.29, 1.82) is 0 Å². The van der Waals surface area contributed by atoms with E-state index >= 15 is 0 Å². The number of halogens is 3. The van der Waals surface area contributed by atoms with Crippen molar-refractivity contribution in [2.75, 3.05) is 44.3 Å². The highest BCUT2D eigenvalue weighted by atomic mass is 19.4. The lowest BCUT2D eigenvalue weighted by Crippen LogP contribution is -2.49. The van der Waals surface area contributed by atoms with Gasteiger partial charge >= 0.3 is 6.18 Å². The third-order valence-electron chi connectivity index (χ3n) is 5.83. The Morgan fingerprint density at radius 2 is 1.88 bits per heavy atom. The minimum atomic E-state index is -4.47. The summed E-state index contributed by atoms with van der Waals surface area (Å²) in [5, 5.41) is 0.616.